The first-order valence-corrected chi connectivity index (χ1v) is 5.06. The zero-order valence-electron chi connectivity index (χ0n) is 8.22. The number of pyridine rings is 1. The van der Waals surface area contributed by atoms with Crippen LogP contribution in [0.15, 0.2) is 18.5 Å². The molecule has 0 amide bonds. The van der Waals surface area contributed by atoms with Gasteiger partial charge in [0, 0.05) is 24.7 Å². The van der Waals surface area contributed by atoms with E-state index in [0.29, 0.717) is 6.54 Å². The molecule has 3 rings (SSSR count). The van der Waals surface area contributed by atoms with E-state index in [9.17, 15) is 5.11 Å². The molecule has 1 fully saturated rings. The molecule has 0 spiro atoms. The first-order valence-electron chi connectivity index (χ1n) is 5.06. The molecule has 1 unspecified atom stereocenters. The Kier molecular flexibility index (Phi) is 1.85. The van der Waals surface area contributed by atoms with Gasteiger partial charge in [-0.25, -0.2) is 0 Å². The lowest BCUT2D eigenvalue weighted by Crippen LogP contribution is -2.21. The summed E-state index contributed by atoms with van der Waals surface area (Å²) in [5.41, 5.74) is 0.939. The van der Waals surface area contributed by atoms with E-state index in [2.05, 4.69) is 20.1 Å². The van der Waals surface area contributed by atoms with E-state index in [1.807, 2.05) is 6.07 Å². The van der Waals surface area contributed by atoms with E-state index in [1.165, 1.54) is 0 Å². The van der Waals surface area contributed by atoms with Crippen molar-refractivity contribution in [3.63, 3.8) is 0 Å². The van der Waals surface area contributed by atoms with Crippen LogP contribution in [0.4, 0.5) is 5.82 Å². The Morgan fingerprint density at radius 1 is 1.53 bits per heavy atom. The zero-order valence-corrected chi connectivity index (χ0v) is 8.22. The SMILES string of the molecule is OC1CCN(c2n[nH]c3cnccc23)C1. The van der Waals surface area contributed by atoms with Crippen LogP contribution in [0.25, 0.3) is 10.9 Å². The molecule has 3 heterocycles. The molecule has 2 aromatic rings. The number of aliphatic hydroxyl groups excluding tert-OH is 1. The minimum absolute atomic E-state index is 0.224. The number of nitrogens with one attached hydrogen (secondary N) is 1. The summed E-state index contributed by atoms with van der Waals surface area (Å²) in [5.74, 6) is 0.920. The monoisotopic (exact) mass is 204 g/mol. The van der Waals surface area contributed by atoms with Crippen molar-refractivity contribution in [1.82, 2.24) is 15.2 Å². The highest BCUT2D eigenvalue weighted by molar-refractivity contribution is 5.89. The molecule has 2 N–H and O–H groups in total. The largest absolute Gasteiger partial charge is 0.391 e. The van der Waals surface area contributed by atoms with Gasteiger partial charge in [-0.3, -0.25) is 10.1 Å². The lowest BCUT2D eigenvalue weighted by atomic mass is 10.3. The maximum atomic E-state index is 9.48. The molecule has 0 aromatic carbocycles. The lowest BCUT2D eigenvalue weighted by Gasteiger charge is -2.14. The standard InChI is InChI=1S/C10H12N4O/c15-7-2-4-14(6-7)10-8-1-3-11-5-9(8)12-13-10/h1,3,5,7,15H,2,4,6H2,(H,12,13). The number of hydrogen-bond donors (Lipinski definition) is 2. The van der Waals surface area contributed by atoms with Crippen molar-refractivity contribution in [2.45, 2.75) is 12.5 Å². The van der Waals surface area contributed by atoms with Crippen molar-refractivity contribution >= 4 is 16.7 Å². The average Bonchev–Trinajstić information content (AvgIpc) is 2.83. The number of nitrogens with zero attached hydrogens (tertiary/aromatic N) is 3. The van der Waals surface area contributed by atoms with Gasteiger partial charge in [-0.2, -0.15) is 5.10 Å². The van der Waals surface area contributed by atoms with Gasteiger partial charge in [-0.1, -0.05) is 0 Å². The third kappa shape index (κ3) is 1.35. The Bertz CT molecular complexity index is 481. The lowest BCUT2D eigenvalue weighted by molar-refractivity contribution is 0.198. The number of fused-ring (bicyclic) bond motifs is 1. The molecule has 15 heavy (non-hydrogen) atoms. The molecule has 1 aliphatic rings. The van der Waals surface area contributed by atoms with E-state index >= 15 is 0 Å². The van der Waals surface area contributed by atoms with Crippen LogP contribution in [0.3, 0.4) is 0 Å². The van der Waals surface area contributed by atoms with Crippen molar-refractivity contribution in [3.8, 4) is 0 Å². The van der Waals surface area contributed by atoms with E-state index in [0.717, 1.165) is 29.7 Å². The van der Waals surface area contributed by atoms with Gasteiger partial charge in [0.1, 0.15) is 0 Å². The summed E-state index contributed by atoms with van der Waals surface area (Å²) in [5, 5.41) is 17.8. The quantitative estimate of drug-likeness (QED) is 0.711. The van der Waals surface area contributed by atoms with Crippen LogP contribution in [0.5, 0.6) is 0 Å². The van der Waals surface area contributed by atoms with Crippen molar-refractivity contribution in [2.75, 3.05) is 18.0 Å². The third-order valence-corrected chi connectivity index (χ3v) is 2.81. The fraction of sp³-hybridized carbons (Fsp3) is 0.400. The van der Waals surface area contributed by atoms with E-state index in [1.54, 1.807) is 12.4 Å². The van der Waals surface area contributed by atoms with Crippen molar-refractivity contribution < 1.29 is 5.11 Å². The Morgan fingerprint density at radius 2 is 2.47 bits per heavy atom. The molecule has 1 saturated heterocycles. The van der Waals surface area contributed by atoms with Crippen LogP contribution >= 0.6 is 0 Å². The molecular weight excluding hydrogens is 192 g/mol. The number of anilines is 1. The second kappa shape index (κ2) is 3.20. The topological polar surface area (TPSA) is 65.0 Å². The fourth-order valence-corrected chi connectivity index (χ4v) is 2.03. The van der Waals surface area contributed by atoms with Crippen molar-refractivity contribution in [3.05, 3.63) is 18.5 Å². The molecule has 5 nitrogen and oxygen atoms in total. The van der Waals surface area contributed by atoms with Crippen molar-refractivity contribution in [2.24, 2.45) is 0 Å². The summed E-state index contributed by atoms with van der Waals surface area (Å²) >= 11 is 0. The first-order chi connectivity index (χ1) is 7.34. The molecule has 1 aliphatic heterocycles. The summed E-state index contributed by atoms with van der Waals surface area (Å²) in [7, 11) is 0. The predicted molar refractivity (Wildman–Crippen MR) is 56.7 cm³/mol. The Hall–Kier alpha value is -1.62. The average molecular weight is 204 g/mol. The Balaban J connectivity index is 2.04. The minimum Gasteiger partial charge on any atom is -0.391 e. The number of rotatable bonds is 1. The van der Waals surface area contributed by atoms with Gasteiger partial charge in [0.05, 0.1) is 17.8 Å². The molecule has 0 aliphatic carbocycles. The highest BCUT2D eigenvalue weighted by Gasteiger charge is 2.23. The molecular formula is C10H12N4O. The second-order valence-corrected chi connectivity index (χ2v) is 3.86. The number of H-pyrrole nitrogens is 1. The van der Waals surface area contributed by atoms with Crippen LogP contribution < -0.4 is 4.90 Å². The molecule has 0 radical (unpaired) electrons. The molecule has 1 atom stereocenters. The third-order valence-electron chi connectivity index (χ3n) is 2.81. The van der Waals surface area contributed by atoms with Crippen LogP contribution in [0, 0.1) is 0 Å². The minimum atomic E-state index is -0.224. The highest BCUT2D eigenvalue weighted by Crippen LogP contribution is 2.25. The van der Waals surface area contributed by atoms with E-state index in [4.69, 9.17) is 0 Å². The number of aromatic amines is 1. The van der Waals surface area contributed by atoms with Gasteiger partial charge in [0.15, 0.2) is 5.82 Å². The van der Waals surface area contributed by atoms with Gasteiger partial charge in [0.2, 0.25) is 0 Å². The Labute approximate surface area is 86.7 Å². The number of aromatic nitrogens is 3. The molecule has 2 aromatic heterocycles. The van der Waals surface area contributed by atoms with Crippen LogP contribution in [-0.2, 0) is 0 Å². The smallest absolute Gasteiger partial charge is 0.158 e. The highest BCUT2D eigenvalue weighted by atomic mass is 16.3. The van der Waals surface area contributed by atoms with Gasteiger partial charge < -0.3 is 10.0 Å². The van der Waals surface area contributed by atoms with Crippen LogP contribution in [-0.4, -0.2) is 39.5 Å². The van der Waals surface area contributed by atoms with E-state index in [-0.39, 0.29) is 6.10 Å². The maximum Gasteiger partial charge on any atom is 0.158 e. The summed E-state index contributed by atoms with van der Waals surface area (Å²) in [6, 6.07) is 1.94. The number of hydrogen-bond acceptors (Lipinski definition) is 4. The molecule has 5 heteroatoms. The summed E-state index contributed by atoms with van der Waals surface area (Å²) in [4.78, 5) is 6.13. The van der Waals surface area contributed by atoms with Gasteiger partial charge >= 0.3 is 0 Å². The zero-order chi connectivity index (χ0) is 10.3. The van der Waals surface area contributed by atoms with Crippen molar-refractivity contribution in [1.29, 1.82) is 0 Å². The molecule has 0 saturated carbocycles. The second-order valence-electron chi connectivity index (χ2n) is 3.86. The molecule has 78 valence electrons. The van der Waals surface area contributed by atoms with Gasteiger partial charge in [-0.15, -0.1) is 0 Å². The van der Waals surface area contributed by atoms with E-state index < -0.39 is 0 Å². The number of β-amino-alcohol motifs (C(OH)–C–C–N with tert-alkyl or cyclic N) is 1. The first kappa shape index (κ1) is 8.67. The summed E-state index contributed by atoms with van der Waals surface area (Å²) in [6.07, 6.45) is 4.12. The summed E-state index contributed by atoms with van der Waals surface area (Å²) in [6.45, 7) is 1.53. The van der Waals surface area contributed by atoms with Gasteiger partial charge in [-0.05, 0) is 12.5 Å². The Morgan fingerprint density at radius 3 is 3.27 bits per heavy atom. The fourth-order valence-electron chi connectivity index (χ4n) is 2.03. The molecule has 0 bridgehead atoms. The number of aliphatic hydroxyl groups is 1. The van der Waals surface area contributed by atoms with Crippen LogP contribution in [0.2, 0.25) is 0 Å². The van der Waals surface area contributed by atoms with Crippen LogP contribution in [0.1, 0.15) is 6.42 Å². The summed E-state index contributed by atoms with van der Waals surface area (Å²) < 4.78 is 0. The maximum absolute atomic E-state index is 9.48. The van der Waals surface area contributed by atoms with Gasteiger partial charge in [0.25, 0.3) is 0 Å². The predicted octanol–water partition coefficient (Wildman–Crippen LogP) is 0.529. The normalized spacial score (nSPS) is 21.4.